The number of hydrogen-bond donors (Lipinski definition) is 4. The molecule has 5 N–H and O–H groups in total. The number of benzene rings is 1. The molecule has 1 saturated carbocycles. The van der Waals surface area contributed by atoms with Crippen LogP contribution in [0, 0.1) is 5.41 Å². The molecule has 0 bridgehead atoms. The van der Waals surface area contributed by atoms with Crippen molar-refractivity contribution >= 4 is 5.91 Å². The van der Waals surface area contributed by atoms with Crippen molar-refractivity contribution in [3.05, 3.63) is 23.8 Å². The summed E-state index contributed by atoms with van der Waals surface area (Å²) in [7, 11) is 0. The molecule has 0 saturated heterocycles. The average molecular weight is 250 g/mol. The van der Waals surface area contributed by atoms with E-state index in [9.17, 15) is 15.0 Å². The summed E-state index contributed by atoms with van der Waals surface area (Å²) in [6, 6.07) is 3.93. The lowest BCUT2D eigenvalue weighted by atomic mass is 9.63. The van der Waals surface area contributed by atoms with Crippen LogP contribution in [0.3, 0.4) is 0 Å². The van der Waals surface area contributed by atoms with E-state index in [1.807, 2.05) is 13.8 Å². The molecule has 5 nitrogen and oxygen atoms in total. The molecular formula is C13H18N2O3. The summed E-state index contributed by atoms with van der Waals surface area (Å²) in [6.07, 6.45) is 0.721. The van der Waals surface area contributed by atoms with E-state index >= 15 is 0 Å². The predicted molar refractivity (Wildman–Crippen MR) is 67.4 cm³/mol. The molecule has 98 valence electrons. The Morgan fingerprint density at radius 2 is 2.11 bits per heavy atom. The van der Waals surface area contributed by atoms with Gasteiger partial charge in [-0.1, -0.05) is 13.8 Å². The monoisotopic (exact) mass is 250 g/mol. The molecule has 0 radical (unpaired) electrons. The van der Waals surface area contributed by atoms with Gasteiger partial charge in [-0.2, -0.15) is 0 Å². The quantitative estimate of drug-likeness (QED) is 0.588. The molecule has 1 fully saturated rings. The van der Waals surface area contributed by atoms with Gasteiger partial charge in [0.1, 0.15) is 11.5 Å². The zero-order valence-corrected chi connectivity index (χ0v) is 10.5. The summed E-state index contributed by atoms with van der Waals surface area (Å²) < 4.78 is 0. The van der Waals surface area contributed by atoms with Crippen LogP contribution in [-0.4, -0.2) is 28.2 Å². The van der Waals surface area contributed by atoms with E-state index in [-0.39, 0.29) is 34.6 Å². The Hall–Kier alpha value is -1.75. The van der Waals surface area contributed by atoms with Crippen LogP contribution >= 0.6 is 0 Å². The van der Waals surface area contributed by atoms with Crippen molar-refractivity contribution in [2.24, 2.45) is 11.1 Å². The minimum absolute atomic E-state index is 0.0123. The van der Waals surface area contributed by atoms with Crippen LogP contribution in [0.1, 0.15) is 30.6 Å². The van der Waals surface area contributed by atoms with Crippen molar-refractivity contribution in [1.29, 1.82) is 0 Å². The summed E-state index contributed by atoms with van der Waals surface area (Å²) in [6.45, 7) is 3.99. The molecule has 0 heterocycles. The molecule has 0 aliphatic heterocycles. The van der Waals surface area contributed by atoms with Gasteiger partial charge in [-0.05, 0) is 24.6 Å². The molecule has 2 rings (SSSR count). The van der Waals surface area contributed by atoms with Gasteiger partial charge in [-0.3, -0.25) is 4.79 Å². The summed E-state index contributed by atoms with van der Waals surface area (Å²) >= 11 is 0. The Labute approximate surface area is 106 Å². The highest BCUT2D eigenvalue weighted by atomic mass is 16.3. The van der Waals surface area contributed by atoms with Gasteiger partial charge >= 0.3 is 0 Å². The first kappa shape index (κ1) is 12.7. The zero-order chi connectivity index (χ0) is 13.5. The topological polar surface area (TPSA) is 95.6 Å². The van der Waals surface area contributed by atoms with E-state index < -0.39 is 5.91 Å². The van der Waals surface area contributed by atoms with E-state index in [4.69, 9.17) is 5.73 Å². The van der Waals surface area contributed by atoms with Gasteiger partial charge in [0.15, 0.2) is 0 Å². The molecule has 1 amide bonds. The maximum atomic E-state index is 12.0. The number of phenolic OH excluding ortho intramolecular Hbond substituents is 2. The van der Waals surface area contributed by atoms with Crippen LogP contribution in [-0.2, 0) is 0 Å². The molecule has 1 aliphatic rings. The van der Waals surface area contributed by atoms with Crippen LogP contribution in [0.5, 0.6) is 11.5 Å². The molecular weight excluding hydrogens is 232 g/mol. The minimum Gasteiger partial charge on any atom is -0.508 e. The second-order valence-corrected chi connectivity index (χ2v) is 5.39. The summed E-state index contributed by atoms with van der Waals surface area (Å²) in [5.74, 6) is -0.595. The second-order valence-electron chi connectivity index (χ2n) is 5.39. The van der Waals surface area contributed by atoms with Crippen molar-refractivity contribution in [2.45, 2.75) is 32.4 Å². The van der Waals surface area contributed by atoms with Crippen molar-refractivity contribution in [3.63, 3.8) is 0 Å². The fourth-order valence-electron chi connectivity index (χ4n) is 2.15. The molecule has 0 aromatic heterocycles. The van der Waals surface area contributed by atoms with E-state index in [1.54, 1.807) is 0 Å². The summed E-state index contributed by atoms with van der Waals surface area (Å²) in [4.78, 5) is 12.0. The molecule has 1 aliphatic carbocycles. The largest absolute Gasteiger partial charge is 0.508 e. The van der Waals surface area contributed by atoms with Crippen LogP contribution in [0.2, 0.25) is 0 Å². The highest BCUT2D eigenvalue weighted by Crippen LogP contribution is 2.39. The molecule has 1 aromatic carbocycles. The highest BCUT2D eigenvalue weighted by molar-refractivity contribution is 5.97. The SMILES string of the molecule is CC1(C)C(N)CC1NC(=O)c1cc(O)ccc1O. The van der Waals surface area contributed by atoms with E-state index in [1.165, 1.54) is 18.2 Å². The van der Waals surface area contributed by atoms with Crippen molar-refractivity contribution in [1.82, 2.24) is 5.32 Å². The third kappa shape index (κ3) is 2.01. The normalized spacial score (nSPS) is 25.3. The van der Waals surface area contributed by atoms with Gasteiger partial charge < -0.3 is 21.3 Å². The number of nitrogens with two attached hydrogens (primary N) is 1. The van der Waals surface area contributed by atoms with E-state index in [0.29, 0.717) is 0 Å². The number of nitrogens with one attached hydrogen (secondary N) is 1. The minimum atomic E-state index is -0.395. The number of rotatable bonds is 2. The van der Waals surface area contributed by atoms with Crippen LogP contribution in [0.4, 0.5) is 0 Å². The Morgan fingerprint density at radius 1 is 1.44 bits per heavy atom. The lowest BCUT2D eigenvalue weighted by Gasteiger charge is -2.50. The Morgan fingerprint density at radius 3 is 2.67 bits per heavy atom. The Bertz CT molecular complexity index is 485. The van der Waals surface area contributed by atoms with Crippen LogP contribution < -0.4 is 11.1 Å². The van der Waals surface area contributed by atoms with Gasteiger partial charge in [0.05, 0.1) is 5.56 Å². The molecule has 2 unspecified atom stereocenters. The molecule has 5 heteroatoms. The van der Waals surface area contributed by atoms with Gasteiger partial charge in [0, 0.05) is 17.5 Å². The Balaban J connectivity index is 2.12. The number of carbonyl (C=O) groups is 1. The molecule has 0 spiro atoms. The van der Waals surface area contributed by atoms with Crippen molar-refractivity contribution in [3.8, 4) is 11.5 Å². The van der Waals surface area contributed by atoms with Crippen LogP contribution in [0.15, 0.2) is 18.2 Å². The Kier molecular flexibility index (Phi) is 2.94. The number of phenols is 2. The maximum absolute atomic E-state index is 12.0. The lowest BCUT2D eigenvalue weighted by molar-refractivity contribution is 0.0585. The first-order chi connectivity index (χ1) is 8.32. The van der Waals surface area contributed by atoms with Crippen molar-refractivity contribution in [2.75, 3.05) is 0 Å². The smallest absolute Gasteiger partial charge is 0.255 e. The predicted octanol–water partition coefficient (Wildman–Crippen LogP) is 0.953. The molecule has 18 heavy (non-hydrogen) atoms. The maximum Gasteiger partial charge on any atom is 0.255 e. The van der Waals surface area contributed by atoms with Gasteiger partial charge in [0.25, 0.3) is 5.91 Å². The molecule has 1 aromatic rings. The number of aromatic hydroxyl groups is 2. The number of carbonyl (C=O) groups excluding carboxylic acids is 1. The van der Waals surface area contributed by atoms with E-state index in [2.05, 4.69) is 5.32 Å². The van der Waals surface area contributed by atoms with Gasteiger partial charge in [0.2, 0.25) is 0 Å². The highest BCUT2D eigenvalue weighted by Gasteiger charge is 2.46. The van der Waals surface area contributed by atoms with Gasteiger partial charge in [-0.25, -0.2) is 0 Å². The average Bonchev–Trinajstić information content (AvgIpc) is 2.31. The summed E-state index contributed by atoms with van der Waals surface area (Å²) in [5, 5.41) is 21.8. The number of hydrogen-bond acceptors (Lipinski definition) is 4. The standard InChI is InChI=1S/C13H18N2O3/c1-13(2)10(14)6-11(13)15-12(18)8-5-7(16)3-4-9(8)17/h3-5,10-11,16-17H,6,14H2,1-2H3,(H,15,18). The lowest BCUT2D eigenvalue weighted by Crippen LogP contribution is -2.64. The zero-order valence-electron chi connectivity index (χ0n) is 10.5. The third-order valence-corrected chi connectivity index (χ3v) is 3.87. The number of amides is 1. The van der Waals surface area contributed by atoms with Gasteiger partial charge in [-0.15, -0.1) is 0 Å². The van der Waals surface area contributed by atoms with Crippen LogP contribution in [0.25, 0.3) is 0 Å². The fourth-order valence-corrected chi connectivity index (χ4v) is 2.15. The molecule has 2 atom stereocenters. The second kappa shape index (κ2) is 4.17. The summed E-state index contributed by atoms with van der Waals surface area (Å²) in [5.41, 5.74) is 5.80. The van der Waals surface area contributed by atoms with E-state index in [0.717, 1.165) is 6.42 Å². The van der Waals surface area contributed by atoms with Crippen molar-refractivity contribution < 1.29 is 15.0 Å². The first-order valence-electron chi connectivity index (χ1n) is 5.91. The first-order valence-corrected chi connectivity index (χ1v) is 5.91. The third-order valence-electron chi connectivity index (χ3n) is 3.87. The fraction of sp³-hybridized carbons (Fsp3) is 0.462.